The first-order valence-electron chi connectivity index (χ1n) is 8.20. The number of carbonyl (C=O) groups excluding carboxylic acids is 1. The van der Waals surface area contributed by atoms with Gasteiger partial charge in [0.05, 0.1) is 12.5 Å². The van der Waals surface area contributed by atoms with Crippen LogP contribution in [0.3, 0.4) is 0 Å². The van der Waals surface area contributed by atoms with Gasteiger partial charge in [-0.15, -0.1) is 16.4 Å². The molecule has 1 N–H and O–H groups in total. The maximum atomic E-state index is 12.5. The molecule has 0 aliphatic rings. The van der Waals surface area contributed by atoms with E-state index in [-0.39, 0.29) is 18.4 Å². The molecule has 0 aromatic carbocycles. The summed E-state index contributed by atoms with van der Waals surface area (Å²) in [4.78, 5) is 22.1. The molecule has 3 aromatic rings. The summed E-state index contributed by atoms with van der Waals surface area (Å²) >= 11 is 1.68. The number of rotatable bonds is 7. The van der Waals surface area contributed by atoms with Crippen LogP contribution < -0.4 is 5.32 Å². The highest BCUT2D eigenvalue weighted by molar-refractivity contribution is 7.10. The van der Waals surface area contributed by atoms with Gasteiger partial charge in [-0.25, -0.2) is 9.50 Å². The van der Waals surface area contributed by atoms with E-state index in [1.165, 1.54) is 4.88 Å². The molecule has 24 heavy (non-hydrogen) atoms. The highest BCUT2D eigenvalue weighted by atomic mass is 32.1. The Morgan fingerprint density at radius 1 is 1.33 bits per heavy atom. The number of hydrogen-bond acceptors (Lipinski definition) is 5. The van der Waals surface area contributed by atoms with Crippen LogP contribution in [0.5, 0.6) is 0 Å². The normalized spacial score (nSPS) is 12.6. The van der Waals surface area contributed by atoms with E-state index in [9.17, 15) is 4.79 Å². The summed E-state index contributed by atoms with van der Waals surface area (Å²) in [6, 6.07) is 5.94. The zero-order valence-corrected chi connectivity index (χ0v) is 14.7. The number of thiophene rings is 1. The molecule has 0 unspecified atom stereocenters. The molecular formula is C17H21N5OS. The van der Waals surface area contributed by atoms with Crippen molar-refractivity contribution in [2.45, 2.75) is 39.2 Å². The smallest absolute Gasteiger partial charge is 0.252 e. The minimum Gasteiger partial charge on any atom is -0.348 e. The lowest BCUT2D eigenvalue weighted by molar-refractivity contribution is -0.121. The van der Waals surface area contributed by atoms with Crippen molar-refractivity contribution in [2.24, 2.45) is 5.92 Å². The van der Waals surface area contributed by atoms with E-state index in [1.54, 1.807) is 34.3 Å². The van der Waals surface area contributed by atoms with E-state index in [0.29, 0.717) is 17.5 Å². The molecule has 0 spiro atoms. The van der Waals surface area contributed by atoms with Gasteiger partial charge in [-0.1, -0.05) is 32.8 Å². The standard InChI is InChI=1S/C17H21N5OS/c1-3-12(4-2)16(13-7-5-10-24-13)20-15(23)11-14-19-17-18-8-6-9-22(17)21-14/h5-10,12,16H,3-4,11H2,1-2H3,(H,20,23)/t16-/m1/s1. The summed E-state index contributed by atoms with van der Waals surface area (Å²) in [7, 11) is 0. The minimum absolute atomic E-state index is 0.0441. The lowest BCUT2D eigenvalue weighted by atomic mass is 9.93. The largest absolute Gasteiger partial charge is 0.348 e. The molecule has 7 heteroatoms. The Balaban J connectivity index is 1.73. The quantitative estimate of drug-likeness (QED) is 0.716. The molecule has 0 aliphatic heterocycles. The van der Waals surface area contributed by atoms with Gasteiger partial charge >= 0.3 is 0 Å². The van der Waals surface area contributed by atoms with Crippen molar-refractivity contribution in [1.29, 1.82) is 0 Å². The highest BCUT2D eigenvalue weighted by Gasteiger charge is 2.24. The summed E-state index contributed by atoms with van der Waals surface area (Å²) in [5, 5.41) is 9.52. The molecule has 1 atom stereocenters. The van der Waals surface area contributed by atoms with Crippen LogP contribution >= 0.6 is 11.3 Å². The van der Waals surface area contributed by atoms with E-state index >= 15 is 0 Å². The van der Waals surface area contributed by atoms with Gasteiger partial charge < -0.3 is 5.32 Å². The van der Waals surface area contributed by atoms with Crippen LogP contribution in [0.1, 0.15) is 43.4 Å². The second-order valence-electron chi connectivity index (χ2n) is 5.71. The van der Waals surface area contributed by atoms with E-state index in [1.807, 2.05) is 11.4 Å². The molecule has 0 radical (unpaired) electrons. The van der Waals surface area contributed by atoms with Crippen LogP contribution in [0, 0.1) is 5.92 Å². The molecule has 0 bridgehead atoms. The second-order valence-corrected chi connectivity index (χ2v) is 6.69. The Morgan fingerprint density at radius 3 is 2.83 bits per heavy atom. The number of amides is 1. The summed E-state index contributed by atoms with van der Waals surface area (Å²) in [5.74, 6) is 1.36. The van der Waals surface area contributed by atoms with Gasteiger partial charge in [-0.05, 0) is 23.4 Å². The first kappa shape index (κ1) is 16.6. The van der Waals surface area contributed by atoms with Crippen molar-refractivity contribution in [2.75, 3.05) is 0 Å². The fourth-order valence-corrected chi connectivity index (χ4v) is 3.74. The minimum atomic E-state index is -0.0591. The predicted molar refractivity (Wildman–Crippen MR) is 93.8 cm³/mol. The fourth-order valence-electron chi connectivity index (χ4n) is 2.87. The summed E-state index contributed by atoms with van der Waals surface area (Å²) in [6.07, 6.45) is 5.64. The number of aromatic nitrogens is 4. The zero-order chi connectivity index (χ0) is 16.9. The van der Waals surface area contributed by atoms with Crippen LogP contribution in [0.25, 0.3) is 5.78 Å². The topological polar surface area (TPSA) is 72.2 Å². The first-order valence-corrected chi connectivity index (χ1v) is 9.08. The molecule has 126 valence electrons. The fraction of sp³-hybridized carbons (Fsp3) is 0.412. The molecule has 0 saturated carbocycles. The molecule has 0 aliphatic carbocycles. The summed E-state index contributed by atoms with van der Waals surface area (Å²) < 4.78 is 1.58. The van der Waals surface area contributed by atoms with Crippen LogP contribution in [0.4, 0.5) is 0 Å². The van der Waals surface area contributed by atoms with Crippen molar-refractivity contribution < 1.29 is 4.79 Å². The van der Waals surface area contributed by atoms with Crippen molar-refractivity contribution in [1.82, 2.24) is 24.9 Å². The van der Waals surface area contributed by atoms with Gasteiger partial charge in [0.15, 0.2) is 5.82 Å². The highest BCUT2D eigenvalue weighted by Crippen LogP contribution is 2.30. The Bertz CT molecular complexity index is 761. The molecule has 3 heterocycles. The van der Waals surface area contributed by atoms with E-state index < -0.39 is 0 Å². The van der Waals surface area contributed by atoms with Crippen LogP contribution in [-0.4, -0.2) is 25.5 Å². The predicted octanol–water partition coefficient (Wildman–Crippen LogP) is 3.02. The zero-order valence-electron chi connectivity index (χ0n) is 13.8. The van der Waals surface area contributed by atoms with Gasteiger partial charge in [0.1, 0.15) is 0 Å². The molecule has 3 rings (SSSR count). The summed E-state index contributed by atoms with van der Waals surface area (Å²) in [6.45, 7) is 4.33. The van der Waals surface area contributed by atoms with Gasteiger partial charge in [0, 0.05) is 17.3 Å². The number of nitrogens with one attached hydrogen (secondary N) is 1. The monoisotopic (exact) mass is 343 g/mol. The molecule has 0 saturated heterocycles. The van der Waals surface area contributed by atoms with Gasteiger partial charge in [-0.3, -0.25) is 4.79 Å². The lowest BCUT2D eigenvalue weighted by Gasteiger charge is -2.25. The SMILES string of the molecule is CCC(CC)[C@@H](NC(=O)Cc1nc2ncccn2n1)c1cccs1. The Kier molecular flexibility index (Phi) is 5.20. The van der Waals surface area contributed by atoms with Crippen LogP contribution in [0.15, 0.2) is 36.0 Å². The van der Waals surface area contributed by atoms with Crippen LogP contribution in [-0.2, 0) is 11.2 Å². The molecule has 0 fully saturated rings. The van der Waals surface area contributed by atoms with Crippen molar-refractivity contribution in [3.05, 3.63) is 46.7 Å². The van der Waals surface area contributed by atoms with E-state index in [2.05, 4.69) is 40.3 Å². The lowest BCUT2D eigenvalue weighted by Crippen LogP contribution is -2.34. The second kappa shape index (κ2) is 7.53. The van der Waals surface area contributed by atoms with Gasteiger partial charge in [0.2, 0.25) is 5.91 Å². The average molecular weight is 343 g/mol. The van der Waals surface area contributed by atoms with E-state index in [0.717, 1.165) is 12.8 Å². The molecule has 1 amide bonds. The van der Waals surface area contributed by atoms with Crippen LogP contribution in [0.2, 0.25) is 0 Å². The van der Waals surface area contributed by atoms with Gasteiger partial charge in [0.25, 0.3) is 5.78 Å². The molecule has 6 nitrogen and oxygen atoms in total. The number of fused-ring (bicyclic) bond motifs is 1. The van der Waals surface area contributed by atoms with Gasteiger partial charge in [-0.2, -0.15) is 4.98 Å². The third-order valence-corrected chi connectivity index (χ3v) is 5.12. The third kappa shape index (κ3) is 3.62. The Labute approximate surface area is 145 Å². The number of hydrogen-bond donors (Lipinski definition) is 1. The summed E-state index contributed by atoms with van der Waals surface area (Å²) in [5.41, 5.74) is 0. The molecule has 3 aromatic heterocycles. The molecular weight excluding hydrogens is 322 g/mol. The average Bonchev–Trinajstić information content (AvgIpc) is 3.24. The maximum Gasteiger partial charge on any atom is 0.252 e. The maximum absolute atomic E-state index is 12.5. The van der Waals surface area contributed by atoms with Crippen molar-refractivity contribution in [3.63, 3.8) is 0 Å². The van der Waals surface area contributed by atoms with Crippen molar-refractivity contribution in [3.8, 4) is 0 Å². The first-order chi connectivity index (χ1) is 11.7. The Morgan fingerprint density at radius 2 is 2.17 bits per heavy atom. The van der Waals surface area contributed by atoms with Crippen molar-refractivity contribution >= 4 is 23.0 Å². The number of carbonyl (C=O) groups is 1. The Hall–Kier alpha value is -2.28. The third-order valence-electron chi connectivity index (χ3n) is 4.17. The number of nitrogens with zero attached hydrogens (tertiary/aromatic N) is 4. The van der Waals surface area contributed by atoms with E-state index in [4.69, 9.17) is 0 Å².